The number of hydrogen-bond donors (Lipinski definition) is 2. The van der Waals surface area contributed by atoms with Crippen LogP contribution in [0.3, 0.4) is 0 Å². The number of rotatable bonds is 2. The highest BCUT2D eigenvalue weighted by Crippen LogP contribution is 2.29. The van der Waals surface area contributed by atoms with E-state index in [-0.39, 0.29) is 6.61 Å². The van der Waals surface area contributed by atoms with Gasteiger partial charge in [-0.2, -0.15) is 0 Å². The predicted molar refractivity (Wildman–Crippen MR) is 61.9 cm³/mol. The average Bonchev–Trinajstić information content (AvgIpc) is 2.94. The van der Waals surface area contributed by atoms with Crippen LogP contribution in [-0.4, -0.2) is 10.1 Å². The highest BCUT2D eigenvalue weighted by Gasteiger charge is 2.09. The van der Waals surface area contributed by atoms with Crippen LogP contribution in [0.15, 0.2) is 47.0 Å². The standard InChI is InChI=1S/C13H11NO2/c15-8-9-5-6-13(16-9)11-7-14-12-4-2-1-3-10(11)12/h1-7,14-15H,8H2. The molecule has 1 aromatic carbocycles. The number of aromatic nitrogens is 1. The number of aliphatic hydroxyl groups excluding tert-OH is 1. The summed E-state index contributed by atoms with van der Waals surface area (Å²) in [6, 6.07) is 11.7. The van der Waals surface area contributed by atoms with E-state index in [0.717, 1.165) is 22.2 Å². The highest BCUT2D eigenvalue weighted by molar-refractivity contribution is 5.94. The van der Waals surface area contributed by atoms with Gasteiger partial charge in [0, 0.05) is 22.7 Å². The van der Waals surface area contributed by atoms with E-state index in [9.17, 15) is 0 Å². The van der Waals surface area contributed by atoms with Gasteiger partial charge in [-0.15, -0.1) is 0 Å². The number of H-pyrrole nitrogens is 1. The molecule has 2 aromatic heterocycles. The Morgan fingerprint density at radius 3 is 2.81 bits per heavy atom. The van der Waals surface area contributed by atoms with Crippen LogP contribution in [0, 0.1) is 0 Å². The van der Waals surface area contributed by atoms with Gasteiger partial charge in [0.15, 0.2) is 0 Å². The molecule has 0 saturated carbocycles. The summed E-state index contributed by atoms with van der Waals surface area (Å²) >= 11 is 0. The minimum Gasteiger partial charge on any atom is -0.459 e. The first-order chi connectivity index (χ1) is 7.88. The summed E-state index contributed by atoms with van der Waals surface area (Å²) < 4.78 is 5.52. The molecule has 80 valence electrons. The van der Waals surface area contributed by atoms with E-state index in [1.54, 1.807) is 6.07 Å². The number of nitrogens with one attached hydrogen (secondary N) is 1. The van der Waals surface area contributed by atoms with Gasteiger partial charge >= 0.3 is 0 Å². The Morgan fingerprint density at radius 1 is 1.12 bits per heavy atom. The molecule has 0 fully saturated rings. The van der Waals surface area contributed by atoms with Crippen LogP contribution in [0.5, 0.6) is 0 Å². The van der Waals surface area contributed by atoms with Crippen molar-refractivity contribution in [1.82, 2.24) is 4.98 Å². The fraction of sp³-hybridized carbons (Fsp3) is 0.0769. The first-order valence-electron chi connectivity index (χ1n) is 5.14. The molecule has 3 rings (SSSR count). The quantitative estimate of drug-likeness (QED) is 0.687. The number of benzene rings is 1. The Balaban J connectivity index is 2.18. The van der Waals surface area contributed by atoms with Gasteiger partial charge in [-0.25, -0.2) is 0 Å². The van der Waals surface area contributed by atoms with Gasteiger partial charge in [0.25, 0.3) is 0 Å². The Hall–Kier alpha value is -2.00. The molecule has 16 heavy (non-hydrogen) atoms. The molecule has 3 nitrogen and oxygen atoms in total. The summed E-state index contributed by atoms with van der Waals surface area (Å²) in [5, 5.41) is 10.1. The third-order valence-corrected chi connectivity index (χ3v) is 2.67. The smallest absolute Gasteiger partial charge is 0.136 e. The van der Waals surface area contributed by atoms with Crippen LogP contribution in [-0.2, 0) is 6.61 Å². The van der Waals surface area contributed by atoms with Crippen molar-refractivity contribution in [2.24, 2.45) is 0 Å². The Labute approximate surface area is 92.3 Å². The van der Waals surface area contributed by atoms with Crippen molar-refractivity contribution in [3.8, 4) is 11.3 Å². The minimum absolute atomic E-state index is 0.0671. The molecule has 0 aliphatic carbocycles. The number of furan rings is 1. The lowest BCUT2D eigenvalue weighted by Gasteiger charge is -1.94. The van der Waals surface area contributed by atoms with E-state index in [1.807, 2.05) is 36.5 Å². The molecule has 0 atom stereocenters. The van der Waals surface area contributed by atoms with Gasteiger partial charge in [0.1, 0.15) is 18.1 Å². The summed E-state index contributed by atoms with van der Waals surface area (Å²) in [6.45, 7) is -0.0671. The second kappa shape index (κ2) is 3.54. The van der Waals surface area contributed by atoms with Crippen LogP contribution < -0.4 is 0 Å². The number of para-hydroxylation sites is 1. The van der Waals surface area contributed by atoms with E-state index in [0.29, 0.717) is 5.76 Å². The SMILES string of the molecule is OCc1ccc(-c2c[nH]c3ccccc23)o1. The first-order valence-corrected chi connectivity index (χ1v) is 5.14. The average molecular weight is 213 g/mol. The van der Waals surface area contributed by atoms with Gasteiger partial charge in [-0.1, -0.05) is 18.2 Å². The molecule has 0 radical (unpaired) electrons. The Kier molecular flexibility index (Phi) is 2.04. The monoisotopic (exact) mass is 213 g/mol. The second-order valence-corrected chi connectivity index (χ2v) is 3.67. The van der Waals surface area contributed by atoms with Gasteiger partial charge in [0.2, 0.25) is 0 Å². The molecule has 2 N–H and O–H groups in total. The molecule has 0 saturated heterocycles. The minimum atomic E-state index is -0.0671. The molecule has 3 aromatic rings. The molecule has 0 bridgehead atoms. The lowest BCUT2D eigenvalue weighted by atomic mass is 10.1. The second-order valence-electron chi connectivity index (χ2n) is 3.67. The van der Waals surface area contributed by atoms with Crippen molar-refractivity contribution in [2.75, 3.05) is 0 Å². The van der Waals surface area contributed by atoms with Crippen LogP contribution >= 0.6 is 0 Å². The van der Waals surface area contributed by atoms with Gasteiger partial charge < -0.3 is 14.5 Å². The fourth-order valence-corrected chi connectivity index (χ4v) is 1.88. The largest absolute Gasteiger partial charge is 0.459 e. The van der Waals surface area contributed by atoms with E-state index in [2.05, 4.69) is 4.98 Å². The van der Waals surface area contributed by atoms with Crippen LogP contribution in [0.25, 0.3) is 22.2 Å². The lowest BCUT2D eigenvalue weighted by Crippen LogP contribution is -1.74. The Morgan fingerprint density at radius 2 is 2.00 bits per heavy atom. The third-order valence-electron chi connectivity index (χ3n) is 2.67. The summed E-state index contributed by atoms with van der Waals surface area (Å²) in [4.78, 5) is 3.19. The number of aliphatic hydroxyl groups is 1. The molecule has 2 heterocycles. The van der Waals surface area contributed by atoms with Gasteiger partial charge in [-0.3, -0.25) is 0 Å². The zero-order chi connectivity index (χ0) is 11.0. The molecular weight excluding hydrogens is 202 g/mol. The molecular formula is C13H11NO2. The Bertz CT molecular complexity index is 621. The van der Waals surface area contributed by atoms with Crippen LogP contribution in [0.1, 0.15) is 5.76 Å². The number of aromatic amines is 1. The van der Waals surface area contributed by atoms with Gasteiger partial charge in [-0.05, 0) is 18.2 Å². The van der Waals surface area contributed by atoms with E-state index in [4.69, 9.17) is 9.52 Å². The van der Waals surface area contributed by atoms with Crippen LogP contribution in [0.2, 0.25) is 0 Å². The zero-order valence-corrected chi connectivity index (χ0v) is 8.60. The molecule has 0 aliphatic heterocycles. The zero-order valence-electron chi connectivity index (χ0n) is 8.60. The predicted octanol–water partition coefficient (Wildman–Crippen LogP) is 2.92. The highest BCUT2D eigenvalue weighted by atomic mass is 16.4. The molecule has 3 heteroatoms. The van der Waals surface area contributed by atoms with Crippen molar-refractivity contribution in [2.45, 2.75) is 6.61 Å². The van der Waals surface area contributed by atoms with E-state index in [1.165, 1.54) is 0 Å². The maximum absolute atomic E-state index is 8.96. The normalized spacial score (nSPS) is 11.1. The molecule has 0 unspecified atom stereocenters. The van der Waals surface area contributed by atoms with Gasteiger partial charge in [0.05, 0.1) is 0 Å². The summed E-state index contributed by atoms with van der Waals surface area (Å²) in [5.41, 5.74) is 2.11. The fourth-order valence-electron chi connectivity index (χ4n) is 1.88. The number of fused-ring (bicyclic) bond motifs is 1. The third kappa shape index (κ3) is 1.33. The van der Waals surface area contributed by atoms with Crippen molar-refractivity contribution < 1.29 is 9.52 Å². The molecule has 0 spiro atoms. The molecule has 0 aliphatic rings. The maximum Gasteiger partial charge on any atom is 0.136 e. The summed E-state index contributed by atoms with van der Waals surface area (Å²) in [6.07, 6.45) is 1.92. The van der Waals surface area contributed by atoms with Crippen LogP contribution in [0.4, 0.5) is 0 Å². The van der Waals surface area contributed by atoms with Crippen molar-refractivity contribution >= 4 is 10.9 Å². The van der Waals surface area contributed by atoms with E-state index < -0.39 is 0 Å². The summed E-state index contributed by atoms with van der Waals surface area (Å²) in [7, 11) is 0. The van der Waals surface area contributed by atoms with Crippen molar-refractivity contribution in [3.05, 3.63) is 48.4 Å². The topological polar surface area (TPSA) is 49.2 Å². The molecule has 0 amide bonds. The van der Waals surface area contributed by atoms with E-state index >= 15 is 0 Å². The maximum atomic E-state index is 8.96. The lowest BCUT2D eigenvalue weighted by molar-refractivity contribution is 0.248. The summed E-state index contributed by atoms with van der Waals surface area (Å²) in [5.74, 6) is 1.36. The van der Waals surface area contributed by atoms with Crippen molar-refractivity contribution in [3.63, 3.8) is 0 Å². The first kappa shape index (κ1) is 9.24. The number of hydrogen-bond acceptors (Lipinski definition) is 2. The van der Waals surface area contributed by atoms with Crippen molar-refractivity contribution in [1.29, 1.82) is 0 Å².